The van der Waals surface area contributed by atoms with Gasteiger partial charge in [0, 0.05) is 0 Å². The van der Waals surface area contributed by atoms with Crippen molar-refractivity contribution in [2.75, 3.05) is 13.7 Å². The summed E-state index contributed by atoms with van der Waals surface area (Å²) in [4.78, 5) is 11.7. The van der Waals surface area contributed by atoms with Crippen molar-refractivity contribution in [3.63, 3.8) is 0 Å². The number of carbonyl (C=O) groups is 1. The van der Waals surface area contributed by atoms with E-state index in [4.69, 9.17) is 9.47 Å². The Morgan fingerprint density at radius 3 is 2.22 bits per heavy atom. The molecule has 1 aromatic rings. The summed E-state index contributed by atoms with van der Waals surface area (Å²) in [6, 6.07) is 7.79. The maximum atomic E-state index is 11.7. The van der Waals surface area contributed by atoms with Crippen LogP contribution >= 0.6 is 0 Å². The Bertz CT molecular complexity index is 387. The quantitative estimate of drug-likeness (QED) is 0.770. The molecule has 0 heterocycles. The van der Waals surface area contributed by atoms with E-state index in [1.54, 1.807) is 0 Å². The van der Waals surface area contributed by atoms with Gasteiger partial charge in [-0.05, 0) is 24.5 Å². The predicted octanol–water partition coefficient (Wildman–Crippen LogP) is 3.21. The smallest absolute Gasteiger partial charge is 0.312 e. The number of esters is 1. The van der Waals surface area contributed by atoms with Crippen LogP contribution in [0.15, 0.2) is 24.3 Å². The van der Waals surface area contributed by atoms with Crippen LogP contribution in [0.25, 0.3) is 0 Å². The molecule has 0 aliphatic rings. The number of carbonyl (C=O) groups excluding carboxylic acids is 1. The lowest BCUT2D eigenvalue weighted by Gasteiger charge is -2.28. The fourth-order valence-corrected chi connectivity index (χ4v) is 1.63. The number of methoxy groups -OCH3 is 1. The Balaban J connectivity index is 2.68. The van der Waals surface area contributed by atoms with E-state index in [1.165, 1.54) is 12.7 Å². The van der Waals surface area contributed by atoms with Gasteiger partial charge in [-0.25, -0.2) is 0 Å². The molecule has 18 heavy (non-hydrogen) atoms. The molecule has 0 aliphatic heterocycles. The topological polar surface area (TPSA) is 35.5 Å². The van der Waals surface area contributed by atoms with Gasteiger partial charge in [0.1, 0.15) is 12.4 Å². The van der Waals surface area contributed by atoms with E-state index >= 15 is 0 Å². The summed E-state index contributed by atoms with van der Waals surface area (Å²) < 4.78 is 10.5. The van der Waals surface area contributed by atoms with Gasteiger partial charge >= 0.3 is 5.97 Å². The Hall–Kier alpha value is -1.51. The number of hydrogen-bond acceptors (Lipinski definition) is 3. The van der Waals surface area contributed by atoms with Gasteiger partial charge in [0.05, 0.1) is 13.0 Å². The molecule has 0 aliphatic carbocycles. The van der Waals surface area contributed by atoms with Gasteiger partial charge in [-0.15, -0.1) is 0 Å². The lowest BCUT2D eigenvalue weighted by atomic mass is 9.81. The summed E-state index contributed by atoms with van der Waals surface area (Å²) in [5, 5.41) is 0. The zero-order chi connectivity index (χ0) is 13.8. The van der Waals surface area contributed by atoms with Crippen molar-refractivity contribution in [2.45, 2.75) is 27.7 Å². The Morgan fingerprint density at radius 2 is 1.78 bits per heavy atom. The summed E-state index contributed by atoms with van der Waals surface area (Å²) in [6.07, 6.45) is 0. The molecular formula is C15H22O3. The van der Waals surface area contributed by atoms with Crippen molar-refractivity contribution in [1.82, 2.24) is 0 Å². The molecular weight excluding hydrogens is 228 g/mol. The van der Waals surface area contributed by atoms with Crippen molar-refractivity contribution in [3.05, 3.63) is 29.8 Å². The predicted molar refractivity (Wildman–Crippen MR) is 71.6 cm³/mol. The van der Waals surface area contributed by atoms with Crippen LogP contribution in [0.1, 0.15) is 26.3 Å². The van der Waals surface area contributed by atoms with Crippen molar-refractivity contribution in [1.29, 1.82) is 0 Å². The molecule has 1 atom stereocenters. The molecule has 3 heteroatoms. The fourth-order valence-electron chi connectivity index (χ4n) is 1.63. The minimum Gasteiger partial charge on any atom is -0.493 e. The highest BCUT2D eigenvalue weighted by Gasteiger charge is 2.32. The molecule has 100 valence electrons. The first-order chi connectivity index (χ1) is 8.34. The van der Waals surface area contributed by atoms with Gasteiger partial charge in [-0.2, -0.15) is 0 Å². The van der Waals surface area contributed by atoms with Crippen LogP contribution in [0.5, 0.6) is 5.75 Å². The van der Waals surface area contributed by atoms with E-state index in [9.17, 15) is 4.79 Å². The first-order valence-electron chi connectivity index (χ1n) is 6.12. The molecule has 0 radical (unpaired) electrons. The van der Waals surface area contributed by atoms with Crippen LogP contribution in [0.2, 0.25) is 0 Å². The summed E-state index contributed by atoms with van der Waals surface area (Å²) in [6.45, 7) is 8.38. The summed E-state index contributed by atoms with van der Waals surface area (Å²) in [5.74, 6) is 0.275. The maximum Gasteiger partial charge on any atom is 0.312 e. The molecule has 0 bridgehead atoms. The second-order valence-electron chi connectivity index (χ2n) is 5.57. The molecule has 0 N–H and O–H groups in total. The number of benzene rings is 1. The van der Waals surface area contributed by atoms with E-state index in [-0.39, 0.29) is 17.3 Å². The van der Waals surface area contributed by atoms with Crippen molar-refractivity contribution < 1.29 is 14.3 Å². The zero-order valence-corrected chi connectivity index (χ0v) is 11.8. The lowest BCUT2D eigenvalue weighted by Crippen LogP contribution is -2.34. The minimum absolute atomic E-state index is 0.183. The van der Waals surface area contributed by atoms with E-state index < -0.39 is 0 Å². The summed E-state index contributed by atoms with van der Waals surface area (Å²) >= 11 is 0. The zero-order valence-electron chi connectivity index (χ0n) is 11.8. The van der Waals surface area contributed by atoms with Gasteiger partial charge < -0.3 is 9.47 Å². The number of ether oxygens (including phenoxy) is 2. The summed E-state index contributed by atoms with van der Waals surface area (Å²) in [5.41, 5.74) is 1.00. The second-order valence-corrected chi connectivity index (χ2v) is 5.57. The highest BCUT2D eigenvalue weighted by atomic mass is 16.5. The highest BCUT2D eigenvalue weighted by Crippen LogP contribution is 2.28. The summed E-state index contributed by atoms with van der Waals surface area (Å²) in [7, 11) is 1.41. The molecule has 0 spiro atoms. The van der Waals surface area contributed by atoms with Gasteiger partial charge in [-0.3, -0.25) is 4.79 Å². The highest BCUT2D eigenvalue weighted by molar-refractivity contribution is 5.73. The third-order valence-electron chi connectivity index (χ3n) is 2.97. The van der Waals surface area contributed by atoms with Gasteiger partial charge in [0.15, 0.2) is 0 Å². The third kappa shape index (κ3) is 4.06. The van der Waals surface area contributed by atoms with E-state index in [1.807, 2.05) is 52.0 Å². The normalized spacial score (nSPS) is 12.9. The van der Waals surface area contributed by atoms with Gasteiger partial charge in [0.25, 0.3) is 0 Å². The number of aryl methyl sites for hydroxylation is 1. The van der Waals surface area contributed by atoms with E-state index in [0.29, 0.717) is 6.61 Å². The van der Waals surface area contributed by atoms with Crippen molar-refractivity contribution >= 4 is 5.97 Å². The molecule has 1 aromatic carbocycles. The number of hydrogen-bond donors (Lipinski definition) is 0. The SMILES string of the molecule is COC(=O)C(COc1ccc(C)cc1)C(C)(C)C. The van der Waals surface area contributed by atoms with Gasteiger partial charge in [-0.1, -0.05) is 38.5 Å². The average molecular weight is 250 g/mol. The Morgan fingerprint density at radius 1 is 1.22 bits per heavy atom. The molecule has 0 saturated carbocycles. The standard InChI is InChI=1S/C15H22O3/c1-11-6-8-12(9-7-11)18-10-13(14(16)17-5)15(2,3)4/h6-9,13H,10H2,1-5H3. The van der Waals surface area contributed by atoms with E-state index in [0.717, 1.165) is 5.75 Å². The minimum atomic E-state index is -0.274. The van der Waals surface area contributed by atoms with Crippen LogP contribution in [0, 0.1) is 18.3 Å². The fraction of sp³-hybridized carbons (Fsp3) is 0.533. The average Bonchev–Trinajstić information content (AvgIpc) is 2.29. The van der Waals surface area contributed by atoms with Gasteiger partial charge in [0.2, 0.25) is 0 Å². The van der Waals surface area contributed by atoms with Crippen molar-refractivity contribution in [3.8, 4) is 5.75 Å². The molecule has 1 unspecified atom stereocenters. The lowest BCUT2D eigenvalue weighted by molar-refractivity contribution is -0.150. The maximum absolute atomic E-state index is 11.7. The molecule has 0 fully saturated rings. The Kier molecular flexibility index (Phi) is 4.76. The van der Waals surface area contributed by atoms with E-state index in [2.05, 4.69) is 0 Å². The molecule has 0 amide bonds. The van der Waals surface area contributed by atoms with Crippen LogP contribution in [0.4, 0.5) is 0 Å². The number of rotatable bonds is 4. The third-order valence-corrected chi connectivity index (χ3v) is 2.97. The first-order valence-corrected chi connectivity index (χ1v) is 6.12. The van der Waals surface area contributed by atoms with Crippen LogP contribution in [-0.4, -0.2) is 19.7 Å². The first kappa shape index (κ1) is 14.6. The molecule has 3 nitrogen and oxygen atoms in total. The van der Waals surface area contributed by atoms with Crippen molar-refractivity contribution in [2.24, 2.45) is 11.3 Å². The Labute approximate surface area is 109 Å². The van der Waals surface area contributed by atoms with Crippen LogP contribution in [0.3, 0.4) is 0 Å². The van der Waals surface area contributed by atoms with Crippen LogP contribution < -0.4 is 4.74 Å². The van der Waals surface area contributed by atoms with Crippen LogP contribution in [-0.2, 0) is 9.53 Å². The molecule has 0 saturated heterocycles. The largest absolute Gasteiger partial charge is 0.493 e. The second kappa shape index (κ2) is 5.89. The molecule has 1 rings (SSSR count). The monoisotopic (exact) mass is 250 g/mol. The molecule has 0 aromatic heterocycles.